The third-order valence-corrected chi connectivity index (χ3v) is 3.64. The average Bonchev–Trinajstić information content (AvgIpc) is 2.70. The normalized spacial score (nSPS) is 46.7. The molecular formula is C14H22O5. The molecule has 3 aliphatic heterocycles. The lowest BCUT2D eigenvalue weighted by molar-refractivity contribution is -0.224. The molecule has 0 aliphatic carbocycles. The standard InChI is InChI=1S/C14H22O5/c1-7(2)8-9-10(17-13(3,4)16-9)11-12(15-8)19-14(5,6)18-11/h8-12H,1H2,2-6H3/t8-,9?,10+,11-,12-/m0/s1. The highest BCUT2D eigenvalue weighted by atomic mass is 16.9. The molecule has 3 aliphatic rings. The van der Waals surface area contributed by atoms with E-state index >= 15 is 0 Å². The van der Waals surface area contributed by atoms with Gasteiger partial charge in [0.05, 0.1) is 0 Å². The Morgan fingerprint density at radius 1 is 0.842 bits per heavy atom. The molecule has 0 aromatic heterocycles. The zero-order valence-corrected chi connectivity index (χ0v) is 12.1. The Morgan fingerprint density at radius 2 is 1.37 bits per heavy atom. The van der Waals surface area contributed by atoms with E-state index in [-0.39, 0.29) is 24.4 Å². The highest BCUT2D eigenvalue weighted by Crippen LogP contribution is 2.45. The summed E-state index contributed by atoms with van der Waals surface area (Å²) in [5.41, 5.74) is 0.906. The summed E-state index contributed by atoms with van der Waals surface area (Å²) in [6, 6.07) is 0. The summed E-state index contributed by atoms with van der Waals surface area (Å²) in [5, 5.41) is 0. The fourth-order valence-corrected chi connectivity index (χ4v) is 3.01. The fraction of sp³-hybridized carbons (Fsp3) is 0.857. The molecule has 0 aromatic rings. The SMILES string of the molecule is C=C(C)[C@@H]1O[C@H]2OC(C)(C)O[C@H]2[C@@H]2OC(C)(C)OC21. The van der Waals surface area contributed by atoms with E-state index in [1.54, 1.807) is 0 Å². The molecule has 0 spiro atoms. The second-order valence-corrected chi connectivity index (χ2v) is 6.44. The zero-order valence-electron chi connectivity index (χ0n) is 12.1. The van der Waals surface area contributed by atoms with Crippen LogP contribution in [0.15, 0.2) is 12.2 Å². The molecule has 0 bridgehead atoms. The molecule has 19 heavy (non-hydrogen) atoms. The van der Waals surface area contributed by atoms with Gasteiger partial charge in [0, 0.05) is 0 Å². The summed E-state index contributed by atoms with van der Waals surface area (Å²) >= 11 is 0. The van der Waals surface area contributed by atoms with Crippen molar-refractivity contribution < 1.29 is 23.7 Å². The quantitative estimate of drug-likeness (QED) is 0.682. The summed E-state index contributed by atoms with van der Waals surface area (Å²) in [6.45, 7) is 13.5. The smallest absolute Gasteiger partial charge is 0.190 e. The van der Waals surface area contributed by atoms with Gasteiger partial charge in [-0.3, -0.25) is 0 Å². The van der Waals surface area contributed by atoms with E-state index in [4.69, 9.17) is 23.7 Å². The minimum absolute atomic E-state index is 0.197. The van der Waals surface area contributed by atoms with Gasteiger partial charge in [0.25, 0.3) is 0 Å². The van der Waals surface area contributed by atoms with Crippen molar-refractivity contribution in [1.29, 1.82) is 0 Å². The van der Waals surface area contributed by atoms with Gasteiger partial charge >= 0.3 is 0 Å². The minimum atomic E-state index is -0.667. The Bertz CT molecular complexity index is 403. The maximum Gasteiger partial charge on any atom is 0.190 e. The van der Waals surface area contributed by atoms with E-state index in [1.807, 2.05) is 34.6 Å². The van der Waals surface area contributed by atoms with Gasteiger partial charge in [-0.25, -0.2) is 0 Å². The van der Waals surface area contributed by atoms with Gasteiger partial charge in [-0.2, -0.15) is 0 Å². The predicted octanol–water partition coefficient (Wildman–Crippen LogP) is 1.96. The third kappa shape index (κ3) is 2.23. The highest BCUT2D eigenvalue weighted by molar-refractivity contribution is 5.11. The van der Waals surface area contributed by atoms with Gasteiger partial charge in [0.15, 0.2) is 17.9 Å². The summed E-state index contributed by atoms with van der Waals surface area (Å²) in [6.07, 6.45) is -1.33. The molecule has 3 saturated heterocycles. The Kier molecular flexibility index (Phi) is 2.86. The van der Waals surface area contributed by atoms with Crippen molar-refractivity contribution in [3.8, 4) is 0 Å². The van der Waals surface area contributed by atoms with Gasteiger partial charge in [-0.15, -0.1) is 0 Å². The van der Waals surface area contributed by atoms with E-state index < -0.39 is 17.9 Å². The van der Waals surface area contributed by atoms with Crippen molar-refractivity contribution in [2.75, 3.05) is 0 Å². The molecule has 3 rings (SSSR count). The number of fused-ring (bicyclic) bond motifs is 3. The number of ether oxygens (including phenoxy) is 5. The van der Waals surface area contributed by atoms with Gasteiger partial charge in [-0.05, 0) is 40.2 Å². The van der Waals surface area contributed by atoms with E-state index in [0.717, 1.165) is 5.57 Å². The van der Waals surface area contributed by atoms with E-state index in [0.29, 0.717) is 0 Å². The maximum absolute atomic E-state index is 5.99. The van der Waals surface area contributed by atoms with Crippen LogP contribution in [0, 0.1) is 0 Å². The summed E-state index contributed by atoms with van der Waals surface area (Å²) in [7, 11) is 0. The first-order valence-electron chi connectivity index (χ1n) is 6.71. The van der Waals surface area contributed by atoms with Crippen LogP contribution in [0.5, 0.6) is 0 Å². The van der Waals surface area contributed by atoms with Crippen LogP contribution in [0.3, 0.4) is 0 Å². The summed E-state index contributed by atoms with van der Waals surface area (Å²) in [4.78, 5) is 0. The molecule has 3 fully saturated rings. The van der Waals surface area contributed by atoms with Crippen LogP contribution < -0.4 is 0 Å². The molecule has 0 radical (unpaired) electrons. The van der Waals surface area contributed by atoms with Gasteiger partial charge in [0.2, 0.25) is 0 Å². The molecule has 5 heteroatoms. The lowest BCUT2D eigenvalue weighted by atomic mass is 9.95. The van der Waals surface area contributed by atoms with Crippen LogP contribution in [0.2, 0.25) is 0 Å². The maximum atomic E-state index is 5.99. The molecular weight excluding hydrogens is 248 g/mol. The predicted molar refractivity (Wildman–Crippen MR) is 67.3 cm³/mol. The molecule has 1 unspecified atom stereocenters. The molecule has 0 N–H and O–H groups in total. The molecule has 5 nitrogen and oxygen atoms in total. The molecule has 0 aromatic carbocycles. The van der Waals surface area contributed by atoms with E-state index in [1.165, 1.54) is 0 Å². The zero-order chi connectivity index (χ0) is 14.0. The van der Waals surface area contributed by atoms with Crippen molar-refractivity contribution in [2.24, 2.45) is 0 Å². The lowest BCUT2D eigenvalue weighted by Crippen LogP contribution is -2.55. The number of hydrogen-bond donors (Lipinski definition) is 0. The van der Waals surface area contributed by atoms with Crippen molar-refractivity contribution >= 4 is 0 Å². The number of rotatable bonds is 1. The highest BCUT2D eigenvalue weighted by Gasteiger charge is 2.60. The van der Waals surface area contributed by atoms with Crippen molar-refractivity contribution in [3.05, 3.63) is 12.2 Å². The molecule has 5 atom stereocenters. The second-order valence-electron chi connectivity index (χ2n) is 6.44. The van der Waals surface area contributed by atoms with Crippen LogP contribution in [-0.4, -0.2) is 42.3 Å². The Morgan fingerprint density at radius 3 is 2.00 bits per heavy atom. The first-order valence-corrected chi connectivity index (χ1v) is 6.71. The molecule has 0 saturated carbocycles. The van der Waals surface area contributed by atoms with E-state index in [9.17, 15) is 0 Å². The third-order valence-electron chi connectivity index (χ3n) is 3.64. The Balaban J connectivity index is 1.91. The summed E-state index contributed by atoms with van der Waals surface area (Å²) < 4.78 is 29.6. The fourth-order valence-electron chi connectivity index (χ4n) is 3.01. The number of hydrogen-bond acceptors (Lipinski definition) is 5. The lowest BCUT2D eigenvalue weighted by Gasteiger charge is -2.37. The van der Waals surface area contributed by atoms with Crippen LogP contribution >= 0.6 is 0 Å². The monoisotopic (exact) mass is 270 g/mol. The topological polar surface area (TPSA) is 46.2 Å². The van der Waals surface area contributed by atoms with Gasteiger partial charge < -0.3 is 23.7 Å². The van der Waals surface area contributed by atoms with Crippen molar-refractivity contribution in [1.82, 2.24) is 0 Å². The van der Waals surface area contributed by atoms with Crippen LogP contribution in [0.25, 0.3) is 0 Å². The first kappa shape index (κ1) is 13.5. The Hall–Kier alpha value is -0.460. The molecule has 0 amide bonds. The molecule has 3 heterocycles. The van der Waals surface area contributed by atoms with E-state index in [2.05, 4.69) is 6.58 Å². The van der Waals surface area contributed by atoms with Crippen molar-refractivity contribution in [3.63, 3.8) is 0 Å². The van der Waals surface area contributed by atoms with Gasteiger partial charge in [0.1, 0.15) is 24.4 Å². The van der Waals surface area contributed by atoms with Crippen LogP contribution in [0.4, 0.5) is 0 Å². The first-order chi connectivity index (χ1) is 8.69. The minimum Gasteiger partial charge on any atom is -0.342 e. The molecule has 108 valence electrons. The Labute approximate surface area is 113 Å². The second kappa shape index (κ2) is 4.02. The average molecular weight is 270 g/mol. The van der Waals surface area contributed by atoms with Crippen LogP contribution in [0.1, 0.15) is 34.6 Å². The largest absolute Gasteiger partial charge is 0.342 e. The van der Waals surface area contributed by atoms with Gasteiger partial charge in [-0.1, -0.05) is 6.58 Å². The van der Waals surface area contributed by atoms with Crippen molar-refractivity contribution in [2.45, 2.75) is 76.9 Å². The van der Waals surface area contributed by atoms with Crippen LogP contribution in [-0.2, 0) is 23.7 Å². The summed E-state index contributed by atoms with van der Waals surface area (Å²) in [5.74, 6) is -1.31.